The van der Waals surface area contributed by atoms with Gasteiger partial charge in [-0.05, 0) is 56.2 Å². The number of piperidine rings is 2. The molecule has 0 unspecified atom stereocenters. The molecule has 0 aliphatic carbocycles. The molecule has 2 saturated heterocycles. The SMILES string of the molecule is CCc1c[nH]c2ncnc(N3CCC4(CCNCC4)CC3)c12. The molecular weight excluding hydrogens is 274 g/mol. The molecular formula is C17H25N5. The summed E-state index contributed by atoms with van der Waals surface area (Å²) in [6.45, 7) is 6.83. The summed E-state index contributed by atoms with van der Waals surface area (Å²) in [4.78, 5) is 14.8. The first kappa shape index (κ1) is 14.0. The molecule has 5 nitrogen and oxygen atoms in total. The number of nitrogens with one attached hydrogen (secondary N) is 2. The van der Waals surface area contributed by atoms with Gasteiger partial charge in [-0.2, -0.15) is 0 Å². The Balaban J connectivity index is 1.60. The molecule has 2 aliphatic rings. The zero-order valence-corrected chi connectivity index (χ0v) is 13.4. The molecule has 0 saturated carbocycles. The van der Waals surface area contributed by atoms with Crippen LogP contribution >= 0.6 is 0 Å². The maximum atomic E-state index is 4.63. The van der Waals surface area contributed by atoms with Crippen LogP contribution in [0.25, 0.3) is 11.0 Å². The minimum Gasteiger partial charge on any atom is -0.356 e. The molecule has 2 aromatic rings. The third kappa shape index (κ3) is 2.28. The van der Waals surface area contributed by atoms with Crippen LogP contribution in [0.4, 0.5) is 5.82 Å². The van der Waals surface area contributed by atoms with E-state index in [1.54, 1.807) is 6.33 Å². The van der Waals surface area contributed by atoms with Gasteiger partial charge in [0, 0.05) is 19.3 Å². The van der Waals surface area contributed by atoms with Crippen molar-refractivity contribution in [2.45, 2.75) is 39.0 Å². The Morgan fingerprint density at radius 1 is 1.14 bits per heavy atom. The van der Waals surface area contributed by atoms with Crippen molar-refractivity contribution in [1.82, 2.24) is 20.3 Å². The average Bonchev–Trinajstić information content (AvgIpc) is 3.00. The van der Waals surface area contributed by atoms with Gasteiger partial charge in [0.1, 0.15) is 17.8 Å². The molecule has 0 amide bonds. The highest BCUT2D eigenvalue weighted by Crippen LogP contribution is 2.41. The first-order chi connectivity index (χ1) is 10.8. The van der Waals surface area contributed by atoms with E-state index in [9.17, 15) is 0 Å². The maximum absolute atomic E-state index is 4.63. The van der Waals surface area contributed by atoms with Gasteiger partial charge in [-0.3, -0.25) is 0 Å². The Morgan fingerprint density at radius 2 is 1.91 bits per heavy atom. The topological polar surface area (TPSA) is 56.8 Å². The second-order valence-electron chi connectivity index (χ2n) is 6.83. The Hall–Kier alpha value is -1.62. The lowest BCUT2D eigenvalue weighted by molar-refractivity contribution is 0.154. The zero-order valence-electron chi connectivity index (χ0n) is 13.4. The van der Waals surface area contributed by atoms with Crippen molar-refractivity contribution in [1.29, 1.82) is 0 Å². The number of aromatic amines is 1. The molecule has 0 bridgehead atoms. The van der Waals surface area contributed by atoms with E-state index in [4.69, 9.17) is 0 Å². The monoisotopic (exact) mass is 299 g/mol. The van der Waals surface area contributed by atoms with E-state index < -0.39 is 0 Å². The summed E-state index contributed by atoms with van der Waals surface area (Å²) < 4.78 is 0. The van der Waals surface area contributed by atoms with Crippen molar-refractivity contribution in [3.05, 3.63) is 18.1 Å². The number of rotatable bonds is 2. The van der Waals surface area contributed by atoms with Gasteiger partial charge in [-0.1, -0.05) is 6.92 Å². The predicted molar refractivity (Wildman–Crippen MR) is 89.3 cm³/mol. The third-order valence-corrected chi connectivity index (χ3v) is 5.70. The average molecular weight is 299 g/mol. The van der Waals surface area contributed by atoms with Gasteiger partial charge in [0.2, 0.25) is 0 Å². The minimum atomic E-state index is 0.583. The second kappa shape index (κ2) is 5.54. The summed E-state index contributed by atoms with van der Waals surface area (Å²) in [6, 6.07) is 0. The number of fused-ring (bicyclic) bond motifs is 1. The van der Waals surface area contributed by atoms with Crippen molar-refractivity contribution >= 4 is 16.9 Å². The molecule has 4 rings (SSSR count). The summed E-state index contributed by atoms with van der Waals surface area (Å²) in [5.74, 6) is 1.13. The van der Waals surface area contributed by atoms with Crippen LogP contribution in [0.5, 0.6) is 0 Å². The third-order valence-electron chi connectivity index (χ3n) is 5.70. The van der Waals surface area contributed by atoms with E-state index in [2.05, 4.69) is 38.3 Å². The minimum absolute atomic E-state index is 0.583. The van der Waals surface area contributed by atoms with E-state index in [0.717, 1.165) is 31.0 Å². The van der Waals surface area contributed by atoms with Gasteiger partial charge in [0.25, 0.3) is 0 Å². The first-order valence-electron chi connectivity index (χ1n) is 8.58. The molecule has 5 heteroatoms. The number of H-pyrrole nitrogens is 1. The largest absolute Gasteiger partial charge is 0.356 e. The zero-order chi connectivity index (χ0) is 15.0. The highest BCUT2D eigenvalue weighted by molar-refractivity contribution is 5.90. The van der Waals surface area contributed by atoms with Gasteiger partial charge in [-0.15, -0.1) is 0 Å². The molecule has 4 heterocycles. The van der Waals surface area contributed by atoms with Gasteiger partial charge in [0.05, 0.1) is 5.39 Å². The highest BCUT2D eigenvalue weighted by atomic mass is 15.2. The molecule has 0 radical (unpaired) electrons. The fourth-order valence-corrected chi connectivity index (χ4v) is 4.18. The fourth-order valence-electron chi connectivity index (χ4n) is 4.18. The number of nitrogens with zero attached hydrogens (tertiary/aromatic N) is 3. The van der Waals surface area contributed by atoms with Crippen molar-refractivity contribution in [2.75, 3.05) is 31.1 Å². The van der Waals surface area contributed by atoms with Crippen molar-refractivity contribution in [3.63, 3.8) is 0 Å². The van der Waals surface area contributed by atoms with Gasteiger partial charge in [0.15, 0.2) is 0 Å². The molecule has 22 heavy (non-hydrogen) atoms. The van der Waals surface area contributed by atoms with Crippen LogP contribution in [0.15, 0.2) is 12.5 Å². The van der Waals surface area contributed by atoms with Crippen LogP contribution in [-0.4, -0.2) is 41.1 Å². The number of aromatic nitrogens is 3. The van der Waals surface area contributed by atoms with Crippen LogP contribution in [-0.2, 0) is 6.42 Å². The van der Waals surface area contributed by atoms with E-state index in [1.807, 2.05) is 0 Å². The van der Waals surface area contributed by atoms with Crippen LogP contribution in [0.1, 0.15) is 38.2 Å². The smallest absolute Gasteiger partial charge is 0.143 e. The van der Waals surface area contributed by atoms with E-state index in [0.29, 0.717) is 5.41 Å². The molecule has 0 atom stereocenters. The van der Waals surface area contributed by atoms with Gasteiger partial charge >= 0.3 is 0 Å². The molecule has 2 fully saturated rings. The Labute approximate surface area is 131 Å². The van der Waals surface area contributed by atoms with E-state index >= 15 is 0 Å². The molecule has 2 aromatic heterocycles. The summed E-state index contributed by atoms with van der Waals surface area (Å²) in [7, 11) is 0. The van der Waals surface area contributed by atoms with Crippen LogP contribution in [0.3, 0.4) is 0 Å². The Morgan fingerprint density at radius 3 is 2.64 bits per heavy atom. The normalized spacial score (nSPS) is 21.6. The lowest BCUT2D eigenvalue weighted by Gasteiger charge is -2.44. The van der Waals surface area contributed by atoms with E-state index in [-0.39, 0.29) is 0 Å². The van der Waals surface area contributed by atoms with Gasteiger partial charge in [-0.25, -0.2) is 9.97 Å². The first-order valence-corrected chi connectivity index (χ1v) is 8.58. The Kier molecular flexibility index (Phi) is 3.53. The maximum Gasteiger partial charge on any atom is 0.143 e. The molecule has 1 spiro atoms. The standard InChI is InChI=1S/C17H25N5/c1-2-13-11-19-15-14(13)16(21-12-20-15)22-9-5-17(6-10-22)3-7-18-8-4-17/h11-12,18H,2-10H2,1H3,(H,19,20,21). The number of anilines is 1. The molecule has 0 aromatic carbocycles. The predicted octanol–water partition coefficient (Wildman–Crippen LogP) is 2.49. The molecule has 2 N–H and O–H groups in total. The fraction of sp³-hybridized carbons (Fsp3) is 0.647. The molecule has 2 aliphatic heterocycles. The van der Waals surface area contributed by atoms with E-state index in [1.165, 1.54) is 49.7 Å². The number of hydrogen-bond donors (Lipinski definition) is 2. The highest BCUT2D eigenvalue weighted by Gasteiger charge is 2.36. The quantitative estimate of drug-likeness (QED) is 0.894. The van der Waals surface area contributed by atoms with Crippen molar-refractivity contribution in [3.8, 4) is 0 Å². The Bertz CT molecular complexity index is 646. The van der Waals surface area contributed by atoms with Crippen LogP contribution < -0.4 is 10.2 Å². The summed E-state index contributed by atoms with van der Waals surface area (Å²) in [5, 5.41) is 4.72. The summed E-state index contributed by atoms with van der Waals surface area (Å²) >= 11 is 0. The van der Waals surface area contributed by atoms with Crippen LogP contribution in [0, 0.1) is 5.41 Å². The lowest BCUT2D eigenvalue weighted by atomic mass is 9.71. The van der Waals surface area contributed by atoms with Crippen molar-refractivity contribution < 1.29 is 0 Å². The molecule has 118 valence electrons. The van der Waals surface area contributed by atoms with Gasteiger partial charge < -0.3 is 15.2 Å². The van der Waals surface area contributed by atoms with Crippen molar-refractivity contribution in [2.24, 2.45) is 5.41 Å². The second-order valence-corrected chi connectivity index (χ2v) is 6.83. The van der Waals surface area contributed by atoms with Crippen LogP contribution in [0.2, 0.25) is 0 Å². The number of aryl methyl sites for hydroxylation is 1. The number of hydrogen-bond acceptors (Lipinski definition) is 4. The summed E-state index contributed by atoms with van der Waals surface area (Å²) in [6.07, 6.45) is 10.1. The summed E-state index contributed by atoms with van der Waals surface area (Å²) in [5.41, 5.74) is 2.89. The lowest BCUT2D eigenvalue weighted by Crippen LogP contribution is -2.45.